The SMILES string of the molecule is CC1CC(C(=O)O)CCN1C(=O)c1ccsc1. The number of amides is 1. The molecule has 1 amide bonds. The first-order valence-electron chi connectivity index (χ1n) is 5.65. The second-order valence-electron chi connectivity index (χ2n) is 4.42. The molecule has 1 aliphatic rings. The highest BCUT2D eigenvalue weighted by Crippen LogP contribution is 2.25. The van der Waals surface area contributed by atoms with Crippen LogP contribution in [0.1, 0.15) is 30.1 Å². The van der Waals surface area contributed by atoms with Gasteiger partial charge in [-0.3, -0.25) is 9.59 Å². The van der Waals surface area contributed by atoms with Gasteiger partial charge >= 0.3 is 5.97 Å². The molecule has 2 atom stereocenters. The zero-order chi connectivity index (χ0) is 12.4. The van der Waals surface area contributed by atoms with Crippen LogP contribution in [0.3, 0.4) is 0 Å². The summed E-state index contributed by atoms with van der Waals surface area (Å²) in [5, 5.41) is 12.7. The number of likely N-dealkylation sites (tertiary alicyclic amines) is 1. The molecule has 2 heterocycles. The molecule has 1 saturated heterocycles. The second-order valence-corrected chi connectivity index (χ2v) is 5.20. The third kappa shape index (κ3) is 2.49. The van der Waals surface area contributed by atoms with Crippen molar-refractivity contribution in [1.82, 2.24) is 4.90 Å². The minimum absolute atomic E-state index is 0.00255. The Kier molecular flexibility index (Phi) is 3.47. The van der Waals surface area contributed by atoms with Crippen molar-refractivity contribution >= 4 is 23.2 Å². The lowest BCUT2D eigenvalue weighted by molar-refractivity contribution is -0.143. The number of rotatable bonds is 2. The number of carboxylic acids is 1. The average molecular weight is 253 g/mol. The van der Waals surface area contributed by atoms with Crippen LogP contribution >= 0.6 is 11.3 Å². The Morgan fingerprint density at radius 3 is 2.82 bits per heavy atom. The fraction of sp³-hybridized carbons (Fsp3) is 0.500. The summed E-state index contributed by atoms with van der Waals surface area (Å²) < 4.78 is 0. The van der Waals surface area contributed by atoms with Crippen molar-refractivity contribution in [1.29, 1.82) is 0 Å². The van der Waals surface area contributed by atoms with Gasteiger partial charge in [-0.15, -0.1) is 0 Å². The van der Waals surface area contributed by atoms with Crippen molar-refractivity contribution in [3.63, 3.8) is 0 Å². The molecule has 0 radical (unpaired) electrons. The van der Waals surface area contributed by atoms with Crippen LogP contribution < -0.4 is 0 Å². The lowest BCUT2D eigenvalue weighted by Gasteiger charge is -2.36. The molecule has 17 heavy (non-hydrogen) atoms. The van der Waals surface area contributed by atoms with Crippen LogP contribution in [0.5, 0.6) is 0 Å². The van der Waals surface area contributed by atoms with E-state index in [4.69, 9.17) is 5.11 Å². The van der Waals surface area contributed by atoms with Gasteiger partial charge in [-0.25, -0.2) is 0 Å². The predicted molar refractivity (Wildman–Crippen MR) is 65.2 cm³/mol. The van der Waals surface area contributed by atoms with Crippen molar-refractivity contribution in [3.05, 3.63) is 22.4 Å². The van der Waals surface area contributed by atoms with Gasteiger partial charge in [0.1, 0.15) is 0 Å². The van der Waals surface area contributed by atoms with E-state index in [1.165, 1.54) is 11.3 Å². The summed E-state index contributed by atoms with van der Waals surface area (Å²) in [7, 11) is 0. The summed E-state index contributed by atoms with van der Waals surface area (Å²) in [5.74, 6) is -1.04. The fourth-order valence-electron chi connectivity index (χ4n) is 2.25. The van der Waals surface area contributed by atoms with E-state index in [-0.39, 0.29) is 17.9 Å². The van der Waals surface area contributed by atoms with E-state index in [1.54, 1.807) is 4.90 Å². The number of carbonyl (C=O) groups excluding carboxylic acids is 1. The van der Waals surface area contributed by atoms with Gasteiger partial charge in [0.05, 0.1) is 11.5 Å². The number of piperidine rings is 1. The largest absolute Gasteiger partial charge is 0.481 e. The van der Waals surface area contributed by atoms with E-state index in [1.807, 2.05) is 23.8 Å². The summed E-state index contributed by atoms with van der Waals surface area (Å²) in [5.41, 5.74) is 0.704. The van der Waals surface area contributed by atoms with Crippen molar-refractivity contribution in [2.24, 2.45) is 5.92 Å². The van der Waals surface area contributed by atoms with E-state index < -0.39 is 5.97 Å². The standard InChI is InChI=1S/C12H15NO3S/c1-8-6-9(12(15)16)2-4-13(8)11(14)10-3-5-17-7-10/h3,5,7-9H,2,4,6H2,1H3,(H,15,16). The van der Waals surface area contributed by atoms with E-state index >= 15 is 0 Å². The molecule has 5 heteroatoms. The minimum atomic E-state index is -0.750. The zero-order valence-corrected chi connectivity index (χ0v) is 10.4. The number of hydrogen-bond acceptors (Lipinski definition) is 3. The fourth-order valence-corrected chi connectivity index (χ4v) is 2.88. The number of thiophene rings is 1. The number of aliphatic carboxylic acids is 1. The van der Waals surface area contributed by atoms with Crippen LogP contribution in [0.15, 0.2) is 16.8 Å². The zero-order valence-electron chi connectivity index (χ0n) is 9.63. The Bertz CT molecular complexity index is 415. The maximum atomic E-state index is 12.1. The quantitative estimate of drug-likeness (QED) is 0.877. The van der Waals surface area contributed by atoms with Crippen molar-refractivity contribution in [2.75, 3.05) is 6.54 Å². The van der Waals surface area contributed by atoms with E-state index in [9.17, 15) is 9.59 Å². The highest BCUT2D eigenvalue weighted by molar-refractivity contribution is 7.08. The van der Waals surface area contributed by atoms with Crippen molar-refractivity contribution < 1.29 is 14.7 Å². The Hall–Kier alpha value is -1.36. The van der Waals surface area contributed by atoms with Crippen LogP contribution in [-0.2, 0) is 4.79 Å². The molecule has 1 aliphatic heterocycles. The first kappa shape index (κ1) is 12.1. The summed E-state index contributed by atoms with van der Waals surface area (Å²) in [4.78, 5) is 24.8. The third-order valence-corrected chi connectivity index (χ3v) is 3.94. The third-order valence-electron chi connectivity index (χ3n) is 3.25. The van der Waals surface area contributed by atoms with Gasteiger partial charge in [-0.05, 0) is 31.2 Å². The molecule has 2 unspecified atom stereocenters. The smallest absolute Gasteiger partial charge is 0.306 e. The van der Waals surface area contributed by atoms with Crippen molar-refractivity contribution in [2.45, 2.75) is 25.8 Å². The van der Waals surface area contributed by atoms with Crippen LogP contribution in [-0.4, -0.2) is 34.5 Å². The first-order valence-corrected chi connectivity index (χ1v) is 6.60. The van der Waals surface area contributed by atoms with Gasteiger partial charge in [-0.1, -0.05) is 0 Å². The summed E-state index contributed by atoms with van der Waals surface area (Å²) in [6, 6.07) is 1.81. The lowest BCUT2D eigenvalue weighted by Crippen LogP contribution is -2.45. The van der Waals surface area contributed by atoms with Crippen LogP contribution in [0.4, 0.5) is 0 Å². The van der Waals surface area contributed by atoms with Gasteiger partial charge in [0, 0.05) is 18.0 Å². The molecule has 1 aromatic heterocycles. The average Bonchev–Trinajstić information content (AvgIpc) is 2.81. The molecule has 1 aromatic rings. The van der Waals surface area contributed by atoms with E-state index in [0.717, 1.165) is 0 Å². The van der Waals surface area contributed by atoms with Gasteiger partial charge in [0.2, 0.25) is 0 Å². The normalized spacial score (nSPS) is 24.6. The Morgan fingerprint density at radius 2 is 2.29 bits per heavy atom. The van der Waals surface area contributed by atoms with E-state index in [0.29, 0.717) is 24.9 Å². The Labute approximate surface area is 104 Å². The minimum Gasteiger partial charge on any atom is -0.481 e. The number of carbonyl (C=O) groups is 2. The molecular formula is C12H15NO3S. The number of hydrogen-bond donors (Lipinski definition) is 1. The molecular weight excluding hydrogens is 238 g/mol. The molecule has 0 aliphatic carbocycles. The molecule has 1 N–H and O–H groups in total. The molecule has 92 valence electrons. The maximum absolute atomic E-state index is 12.1. The van der Waals surface area contributed by atoms with Crippen molar-refractivity contribution in [3.8, 4) is 0 Å². The van der Waals surface area contributed by atoms with Gasteiger partial charge in [0.15, 0.2) is 0 Å². The van der Waals surface area contributed by atoms with Gasteiger partial charge < -0.3 is 10.0 Å². The van der Waals surface area contributed by atoms with Gasteiger partial charge in [-0.2, -0.15) is 11.3 Å². The molecule has 4 nitrogen and oxygen atoms in total. The van der Waals surface area contributed by atoms with Crippen LogP contribution in [0, 0.1) is 5.92 Å². The first-order chi connectivity index (χ1) is 8.09. The summed E-state index contributed by atoms with van der Waals surface area (Å²) in [6.07, 6.45) is 1.10. The monoisotopic (exact) mass is 253 g/mol. The summed E-state index contributed by atoms with van der Waals surface area (Å²) in [6.45, 7) is 2.45. The van der Waals surface area contributed by atoms with Crippen LogP contribution in [0.2, 0.25) is 0 Å². The number of nitrogens with zero attached hydrogens (tertiary/aromatic N) is 1. The van der Waals surface area contributed by atoms with Gasteiger partial charge in [0.25, 0.3) is 5.91 Å². The highest BCUT2D eigenvalue weighted by atomic mass is 32.1. The molecule has 0 bridgehead atoms. The van der Waals surface area contributed by atoms with Crippen LogP contribution in [0.25, 0.3) is 0 Å². The molecule has 0 saturated carbocycles. The lowest BCUT2D eigenvalue weighted by atomic mass is 9.91. The molecule has 2 rings (SSSR count). The Balaban J connectivity index is 2.05. The number of carboxylic acid groups (broad SMARTS) is 1. The highest BCUT2D eigenvalue weighted by Gasteiger charge is 2.32. The summed E-state index contributed by atoms with van der Waals surface area (Å²) >= 11 is 1.50. The molecule has 0 aromatic carbocycles. The molecule has 0 spiro atoms. The maximum Gasteiger partial charge on any atom is 0.306 e. The topological polar surface area (TPSA) is 57.6 Å². The molecule has 1 fully saturated rings. The second kappa shape index (κ2) is 4.87. The van der Waals surface area contributed by atoms with E-state index in [2.05, 4.69) is 0 Å². The Morgan fingerprint density at radius 1 is 1.53 bits per heavy atom. The predicted octanol–water partition coefficient (Wildman–Crippen LogP) is 2.07.